The third kappa shape index (κ3) is 3.97. The van der Waals surface area contributed by atoms with E-state index in [1.165, 1.54) is 12.1 Å². The van der Waals surface area contributed by atoms with Crippen LogP contribution in [-0.4, -0.2) is 4.98 Å². The minimum atomic E-state index is -0.242. The van der Waals surface area contributed by atoms with E-state index in [0.717, 1.165) is 16.8 Å². The fourth-order valence-electron chi connectivity index (χ4n) is 1.38. The Morgan fingerprint density at radius 2 is 1.71 bits per heavy atom. The molecular weight excluding hydrogens is 262 g/mol. The molecular formula is C12H13Cl2FN2. The molecule has 5 heteroatoms. The highest BCUT2D eigenvalue weighted by atomic mass is 35.5. The second-order valence-corrected chi connectivity index (χ2v) is 3.26. The summed E-state index contributed by atoms with van der Waals surface area (Å²) in [5.41, 5.74) is 8.26. The Morgan fingerprint density at radius 3 is 2.29 bits per heavy atom. The number of nitrogens with zero attached hydrogens (tertiary/aromatic N) is 1. The standard InChI is InChI=1S/C12H11FN2.2ClH/c13-11-3-1-10(2-4-11)12-7-9(8-14)5-6-15-12;;/h1-7H,8,14H2;2*1H. The molecule has 0 aliphatic heterocycles. The first kappa shape index (κ1) is 15.8. The Balaban J connectivity index is 0.00000128. The normalized spacial score (nSPS) is 9.06. The maximum Gasteiger partial charge on any atom is 0.123 e. The quantitative estimate of drug-likeness (QED) is 0.914. The Hall–Kier alpha value is -1.16. The van der Waals surface area contributed by atoms with Gasteiger partial charge in [0.2, 0.25) is 0 Å². The monoisotopic (exact) mass is 274 g/mol. The maximum absolute atomic E-state index is 12.7. The Labute approximate surface area is 112 Å². The lowest BCUT2D eigenvalue weighted by atomic mass is 10.1. The van der Waals surface area contributed by atoms with Crippen LogP contribution in [0.1, 0.15) is 5.56 Å². The van der Waals surface area contributed by atoms with Gasteiger partial charge in [-0.3, -0.25) is 4.98 Å². The van der Waals surface area contributed by atoms with Gasteiger partial charge in [0.1, 0.15) is 5.82 Å². The van der Waals surface area contributed by atoms with Crippen LogP contribution in [-0.2, 0) is 6.54 Å². The molecule has 0 unspecified atom stereocenters. The highest BCUT2D eigenvalue weighted by molar-refractivity contribution is 5.85. The van der Waals surface area contributed by atoms with Crippen molar-refractivity contribution in [3.63, 3.8) is 0 Å². The van der Waals surface area contributed by atoms with Gasteiger partial charge in [-0.2, -0.15) is 0 Å². The van der Waals surface area contributed by atoms with Crippen LogP contribution in [0.2, 0.25) is 0 Å². The van der Waals surface area contributed by atoms with E-state index in [9.17, 15) is 4.39 Å². The van der Waals surface area contributed by atoms with Crippen LogP contribution in [0.4, 0.5) is 4.39 Å². The number of rotatable bonds is 2. The molecule has 0 radical (unpaired) electrons. The van der Waals surface area contributed by atoms with Crippen LogP contribution in [0.15, 0.2) is 42.6 Å². The molecule has 0 aliphatic rings. The molecule has 1 heterocycles. The number of halogens is 3. The third-order valence-corrected chi connectivity index (χ3v) is 2.20. The van der Waals surface area contributed by atoms with Gasteiger partial charge in [0.05, 0.1) is 5.69 Å². The second kappa shape index (κ2) is 7.22. The van der Waals surface area contributed by atoms with Crippen molar-refractivity contribution in [1.29, 1.82) is 0 Å². The van der Waals surface area contributed by atoms with Crippen LogP contribution in [0.3, 0.4) is 0 Å². The summed E-state index contributed by atoms with van der Waals surface area (Å²) in [6.45, 7) is 0.483. The van der Waals surface area contributed by atoms with Crippen LogP contribution in [0.5, 0.6) is 0 Å². The average molecular weight is 275 g/mol. The van der Waals surface area contributed by atoms with Crippen molar-refractivity contribution in [3.8, 4) is 11.3 Å². The van der Waals surface area contributed by atoms with Gasteiger partial charge in [-0.15, -0.1) is 24.8 Å². The summed E-state index contributed by atoms with van der Waals surface area (Å²) in [6.07, 6.45) is 1.71. The van der Waals surface area contributed by atoms with Crippen LogP contribution in [0.25, 0.3) is 11.3 Å². The van der Waals surface area contributed by atoms with Crippen molar-refractivity contribution in [2.24, 2.45) is 5.73 Å². The summed E-state index contributed by atoms with van der Waals surface area (Å²) in [6, 6.07) is 10.0. The first-order valence-corrected chi connectivity index (χ1v) is 4.70. The lowest BCUT2D eigenvalue weighted by Gasteiger charge is -2.02. The molecule has 0 fully saturated rings. The number of benzene rings is 1. The molecule has 0 atom stereocenters. The smallest absolute Gasteiger partial charge is 0.123 e. The van der Waals surface area contributed by atoms with Crippen molar-refractivity contribution >= 4 is 24.8 Å². The Morgan fingerprint density at radius 1 is 1.06 bits per heavy atom. The predicted octanol–water partition coefficient (Wildman–Crippen LogP) is 3.19. The van der Waals surface area contributed by atoms with E-state index in [4.69, 9.17) is 5.73 Å². The molecule has 0 spiro atoms. The maximum atomic E-state index is 12.7. The zero-order valence-electron chi connectivity index (χ0n) is 8.97. The summed E-state index contributed by atoms with van der Waals surface area (Å²) in [5, 5.41) is 0. The summed E-state index contributed by atoms with van der Waals surface area (Å²) in [4.78, 5) is 4.21. The van der Waals surface area contributed by atoms with Gasteiger partial charge in [0, 0.05) is 18.3 Å². The van der Waals surface area contributed by atoms with Crippen LogP contribution >= 0.6 is 24.8 Å². The highest BCUT2D eigenvalue weighted by Crippen LogP contribution is 2.17. The molecule has 2 N–H and O–H groups in total. The van der Waals surface area contributed by atoms with Crippen LogP contribution in [0, 0.1) is 5.82 Å². The van der Waals surface area contributed by atoms with Gasteiger partial charge in [-0.05, 0) is 42.0 Å². The first-order chi connectivity index (χ1) is 7.29. The molecule has 2 rings (SSSR count). The van der Waals surface area contributed by atoms with Crippen molar-refractivity contribution in [2.75, 3.05) is 0 Å². The predicted molar refractivity (Wildman–Crippen MR) is 72.0 cm³/mol. The molecule has 1 aromatic heterocycles. The molecule has 2 nitrogen and oxygen atoms in total. The van der Waals surface area contributed by atoms with Crippen molar-refractivity contribution < 1.29 is 4.39 Å². The van der Waals surface area contributed by atoms with E-state index in [2.05, 4.69) is 4.98 Å². The van der Waals surface area contributed by atoms with E-state index < -0.39 is 0 Å². The zero-order chi connectivity index (χ0) is 10.7. The number of pyridine rings is 1. The van der Waals surface area contributed by atoms with E-state index in [0.29, 0.717) is 6.54 Å². The SMILES string of the molecule is Cl.Cl.NCc1ccnc(-c2ccc(F)cc2)c1. The zero-order valence-corrected chi connectivity index (χ0v) is 10.6. The molecule has 0 amide bonds. The van der Waals surface area contributed by atoms with E-state index in [1.54, 1.807) is 18.3 Å². The fourth-order valence-corrected chi connectivity index (χ4v) is 1.38. The highest BCUT2D eigenvalue weighted by Gasteiger charge is 2.00. The van der Waals surface area contributed by atoms with Gasteiger partial charge in [-0.25, -0.2) is 4.39 Å². The van der Waals surface area contributed by atoms with Gasteiger partial charge in [0.25, 0.3) is 0 Å². The molecule has 0 bridgehead atoms. The topological polar surface area (TPSA) is 38.9 Å². The molecule has 17 heavy (non-hydrogen) atoms. The molecule has 92 valence electrons. The van der Waals surface area contributed by atoms with Gasteiger partial charge in [-0.1, -0.05) is 0 Å². The van der Waals surface area contributed by atoms with Gasteiger partial charge >= 0.3 is 0 Å². The van der Waals surface area contributed by atoms with Gasteiger partial charge < -0.3 is 5.73 Å². The van der Waals surface area contributed by atoms with Crippen molar-refractivity contribution in [3.05, 3.63) is 54.0 Å². The van der Waals surface area contributed by atoms with E-state index >= 15 is 0 Å². The second-order valence-electron chi connectivity index (χ2n) is 3.26. The van der Waals surface area contributed by atoms with Crippen molar-refractivity contribution in [2.45, 2.75) is 6.54 Å². The lowest BCUT2D eigenvalue weighted by Crippen LogP contribution is -1.96. The minimum Gasteiger partial charge on any atom is -0.326 e. The van der Waals surface area contributed by atoms with E-state index in [-0.39, 0.29) is 30.6 Å². The summed E-state index contributed by atoms with van der Waals surface area (Å²) in [7, 11) is 0. The minimum absolute atomic E-state index is 0. The number of hydrogen-bond donors (Lipinski definition) is 1. The van der Waals surface area contributed by atoms with E-state index in [1.807, 2.05) is 12.1 Å². The lowest BCUT2D eigenvalue weighted by molar-refractivity contribution is 0.628. The third-order valence-electron chi connectivity index (χ3n) is 2.20. The summed E-state index contributed by atoms with van der Waals surface area (Å²) in [5.74, 6) is -0.242. The molecule has 2 aromatic rings. The summed E-state index contributed by atoms with van der Waals surface area (Å²) >= 11 is 0. The Kier molecular flexibility index (Phi) is 6.73. The number of hydrogen-bond acceptors (Lipinski definition) is 2. The Bertz CT molecular complexity index is 460. The van der Waals surface area contributed by atoms with Crippen LogP contribution < -0.4 is 5.73 Å². The molecule has 1 aromatic carbocycles. The first-order valence-electron chi connectivity index (χ1n) is 4.70. The fraction of sp³-hybridized carbons (Fsp3) is 0.0833. The molecule has 0 saturated heterocycles. The van der Waals surface area contributed by atoms with Gasteiger partial charge in [0.15, 0.2) is 0 Å². The largest absolute Gasteiger partial charge is 0.326 e. The average Bonchev–Trinajstić information content (AvgIpc) is 2.30. The number of aromatic nitrogens is 1. The van der Waals surface area contributed by atoms with Crippen molar-refractivity contribution in [1.82, 2.24) is 4.98 Å². The molecule has 0 saturated carbocycles. The summed E-state index contributed by atoms with van der Waals surface area (Å²) < 4.78 is 12.7. The number of nitrogens with two attached hydrogens (primary N) is 1. The molecule has 0 aliphatic carbocycles.